The number of carbonyl (C=O) groups is 1. The molecule has 0 saturated heterocycles. The van der Waals surface area contributed by atoms with E-state index in [0.717, 1.165) is 11.1 Å². The Morgan fingerprint density at radius 3 is 2.30 bits per heavy atom. The minimum atomic E-state index is -3.77. The van der Waals surface area contributed by atoms with Gasteiger partial charge < -0.3 is 11.1 Å². The van der Waals surface area contributed by atoms with Gasteiger partial charge in [0, 0.05) is 28.8 Å². The Labute approximate surface area is 217 Å². The molecule has 1 aliphatic rings. The lowest BCUT2D eigenvalue weighted by molar-refractivity contribution is -0.126. The molecule has 3 aromatic rings. The zero-order valence-electron chi connectivity index (χ0n) is 20.6. The number of sulfonamides is 1. The van der Waals surface area contributed by atoms with Gasteiger partial charge in [0.2, 0.25) is 15.9 Å². The minimum absolute atomic E-state index is 0.0712. The number of carbonyl (C=O) groups excluding carboxylic acids is 1. The Balaban J connectivity index is 1.32. The van der Waals surface area contributed by atoms with Crippen LogP contribution in [0, 0.1) is 23.6 Å². The molecule has 8 heteroatoms. The normalized spacial score (nSPS) is 18.3. The van der Waals surface area contributed by atoms with Crippen molar-refractivity contribution < 1.29 is 17.6 Å². The molecule has 0 spiro atoms. The molecular weight excluding hydrogens is 489 g/mol. The summed E-state index contributed by atoms with van der Waals surface area (Å²) >= 11 is 0. The fraction of sp³-hybridized carbons (Fsp3) is 0.276. The molecule has 1 aliphatic carbocycles. The summed E-state index contributed by atoms with van der Waals surface area (Å²) in [6.45, 7) is 1.86. The number of hydrogen-bond acceptors (Lipinski definition) is 4. The molecule has 192 valence electrons. The van der Waals surface area contributed by atoms with Crippen molar-refractivity contribution in [3.05, 3.63) is 95.3 Å². The van der Waals surface area contributed by atoms with E-state index in [1.54, 1.807) is 18.2 Å². The second-order valence-electron chi connectivity index (χ2n) is 9.32. The predicted molar refractivity (Wildman–Crippen MR) is 142 cm³/mol. The molecule has 0 radical (unpaired) electrons. The highest BCUT2D eigenvalue weighted by Crippen LogP contribution is 2.27. The number of halogens is 1. The molecule has 1 atom stereocenters. The Morgan fingerprint density at radius 2 is 1.65 bits per heavy atom. The Kier molecular flexibility index (Phi) is 8.27. The largest absolute Gasteiger partial charge is 0.398 e. The van der Waals surface area contributed by atoms with Gasteiger partial charge in [-0.15, -0.1) is 0 Å². The van der Waals surface area contributed by atoms with Crippen LogP contribution >= 0.6 is 0 Å². The van der Waals surface area contributed by atoms with Crippen LogP contribution in [0.3, 0.4) is 0 Å². The van der Waals surface area contributed by atoms with Gasteiger partial charge in [-0.3, -0.25) is 4.79 Å². The van der Waals surface area contributed by atoms with Gasteiger partial charge in [0.1, 0.15) is 5.82 Å². The summed E-state index contributed by atoms with van der Waals surface area (Å²) in [5.74, 6) is 5.42. The van der Waals surface area contributed by atoms with Crippen molar-refractivity contribution in [3.8, 4) is 11.8 Å². The van der Waals surface area contributed by atoms with Crippen LogP contribution in [0.4, 0.5) is 10.1 Å². The van der Waals surface area contributed by atoms with Crippen molar-refractivity contribution in [2.75, 3.05) is 5.73 Å². The van der Waals surface area contributed by atoms with Crippen molar-refractivity contribution in [3.63, 3.8) is 0 Å². The van der Waals surface area contributed by atoms with Gasteiger partial charge in [0.25, 0.3) is 0 Å². The van der Waals surface area contributed by atoms with Gasteiger partial charge in [-0.05, 0) is 80.6 Å². The first-order valence-electron chi connectivity index (χ1n) is 12.3. The summed E-state index contributed by atoms with van der Waals surface area (Å²) < 4.78 is 41.9. The van der Waals surface area contributed by atoms with Crippen molar-refractivity contribution in [2.24, 2.45) is 5.92 Å². The van der Waals surface area contributed by atoms with Crippen LogP contribution in [0.1, 0.15) is 55.3 Å². The second-order valence-corrected chi connectivity index (χ2v) is 11.0. The smallest absolute Gasteiger partial charge is 0.240 e. The summed E-state index contributed by atoms with van der Waals surface area (Å²) in [6.07, 6.45) is 2.26. The summed E-state index contributed by atoms with van der Waals surface area (Å²) in [5.41, 5.74) is 8.62. The number of rotatable bonds is 6. The monoisotopic (exact) mass is 519 g/mol. The molecule has 0 heterocycles. The molecule has 1 saturated carbocycles. The lowest BCUT2D eigenvalue weighted by Gasteiger charge is -2.29. The van der Waals surface area contributed by atoms with Gasteiger partial charge in [-0.2, -0.15) is 0 Å². The number of benzene rings is 3. The zero-order valence-corrected chi connectivity index (χ0v) is 21.4. The molecule has 3 aromatic carbocycles. The van der Waals surface area contributed by atoms with Crippen LogP contribution < -0.4 is 15.8 Å². The third-order valence-corrected chi connectivity index (χ3v) is 8.12. The summed E-state index contributed by atoms with van der Waals surface area (Å²) in [4.78, 5) is 12.8. The summed E-state index contributed by atoms with van der Waals surface area (Å²) in [7, 11) is -3.77. The van der Waals surface area contributed by atoms with E-state index in [1.165, 1.54) is 24.3 Å². The molecule has 4 rings (SSSR count). The van der Waals surface area contributed by atoms with E-state index < -0.39 is 10.0 Å². The van der Waals surface area contributed by atoms with Gasteiger partial charge in [0.15, 0.2) is 0 Å². The average Bonchev–Trinajstić information content (AvgIpc) is 2.89. The van der Waals surface area contributed by atoms with Crippen LogP contribution in [-0.4, -0.2) is 20.4 Å². The Bertz CT molecular complexity index is 1410. The first-order chi connectivity index (χ1) is 17.7. The van der Waals surface area contributed by atoms with E-state index in [-0.39, 0.29) is 34.6 Å². The fourth-order valence-electron chi connectivity index (χ4n) is 4.41. The number of nitrogens with two attached hydrogens (primary N) is 1. The average molecular weight is 520 g/mol. The number of hydrogen-bond donors (Lipinski definition) is 3. The van der Waals surface area contributed by atoms with Gasteiger partial charge in [-0.25, -0.2) is 17.5 Å². The third kappa shape index (κ3) is 6.97. The fourth-order valence-corrected chi connectivity index (χ4v) is 5.75. The van der Waals surface area contributed by atoms with Crippen LogP contribution in [0.2, 0.25) is 0 Å². The number of nitrogens with one attached hydrogen (secondary N) is 2. The van der Waals surface area contributed by atoms with E-state index in [2.05, 4.69) is 21.9 Å². The maximum absolute atomic E-state index is 13.1. The molecule has 1 amide bonds. The van der Waals surface area contributed by atoms with Crippen LogP contribution in [-0.2, 0) is 14.8 Å². The molecule has 4 N–H and O–H groups in total. The third-order valence-electron chi connectivity index (χ3n) is 6.60. The molecule has 6 nitrogen and oxygen atoms in total. The van der Waals surface area contributed by atoms with Crippen molar-refractivity contribution >= 4 is 21.6 Å². The first kappa shape index (κ1) is 26.4. The summed E-state index contributed by atoms with van der Waals surface area (Å²) in [6, 6.07) is 19.5. The lowest BCUT2D eigenvalue weighted by atomic mass is 9.85. The van der Waals surface area contributed by atoms with E-state index in [4.69, 9.17) is 5.73 Å². The minimum Gasteiger partial charge on any atom is -0.398 e. The standard InChI is InChI=1S/C29H30FN3O3S/c1-20(22-9-14-25(30)15-10-22)32-29(34)24-11-16-26(17-12-24)33-37(35,36)27-18-13-23(28(31)19-27)8-7-21-5-3-2-4-6-21/h2-6,9-10,13-15,18-20,24,26,33H,11-12,16-17,31H2,1H3,(H,32,34)/t20-,24-,26-/m1/s1. The Morgan fingerprint density at radius 1 is 0.973 bits per heavy atom. The predicted octanol–water partition coefficient (Wildman–Crippen LogP) is 4.52. The second kappa shape index (κ2) is 11.6. The van der Waals surface area contributed by atoms with Crippen molar-refractivity contribution in [1.29, 1.82) is 0 Å². The molecule has 0 aliphatic heterocycles. The van der Waals surface area contributed by atoms with Gasteiger partial charge in [0.05, 0.1) is 10.9 Å². The van der Waals surface area contributed by atoms with Crippen molar-refractivity contribution in [2.45, 2.75) is 49.6 Å². The highest BCUT2D eigenvalue weighted by atomic mass is 32.2. The number of amides is 1. The maximum Gasteiger partial charge on any atom is 0.240 e. The molecular formula is C29H30FN3O3S. The first-order valence-corrected chi connectivity index (χ1v) is 13.7. The van der Waals surface area contributed by atoms with E-state index in [9.17, 15) is 17.6 Å². The Hall–Kier alpha value is -3.67. The van der Waals surface area contributed by atoms with Crippen LogP contribution in [0.25, 0.3) is 0 Å². The highest BCUT2D eigenvalue weighted by molar-refractivity contribution is 7.89. The molecule has 0 unspecified atom stereocenters. The van der Waals surface area contributed by atoms with Crippen LogP contribution in [0.15, 0.2) is 77.7 Å². The topological polar surface area (TPSA) is 101 Å². The molecule has 37 heavy (non-hydrogen) atoms. The molecule has 0 aromatic heterocycles. The lowest BCUT2D eigenvalue weighted by Crippen LogP contribution is -2.41. The van der Waals surface area contributed by atoms with E-state index in [0.29, 0.717) is 36.9 Å². The summed E-state index contributed by atoms with van der Waals surface area (Å²) in [5, 5.41) is 2.98. The maximum atomic E-state index is 13.1. The van der Waals surface area contributed by atoms with E-state index >= 15 is 0 Å². The van der Waals surface area contributed by atoms with Crippen LogP contribution in [0.5, 0.6) is 0 Å². The van der Waals surface area contributed by atoms with E-state index in [1.807, 2.05) is 37.3 Å². The zero-order chi connectivity index (χ0) is 26.4. The van der Waals surface area contributed by atoms with Gasteiger partial charge >= 0.3 is 0 Å². The van der Waals surface area contributed by atoms with Gasteiger partial charge in [-0.1, -0.05) is 42.2 Å². The molecule has 1 fully saturated rings. The quantitative estimate of drug-likeness (QED) is 0.329. The molecule has 0 bridgehead atoms. The number of nitrogen functional groups attached to an aromatic ring is 1. The van der Waals surface area contributed by atoms with Crippen molar-refractivity contribution in [1.82, 2.24) is 10.0 Å². The number of anilines is 1. The highest BCUT2D eigenvalue weighted by Gasteiger charge is 2.30. The SMILES string of the molecule is C[C@@H](NC(=O)[C@H]1CC[C@H](NS(=O)(=O)c2ccc(C#Cc3ccccc3)c(N)c2)CC1)c1ccc(F)cc1.